The van der Waals surface area contributed by atoms with E-state index in [4.69, 9.17) is 0 Å². The first-order valence-electron chi connectivity index (χ1n) is 8.08. The highest BCUT2D eigenvalue weighted by molar-refractivity contribution is 5.98. The number of hydrogen-bond donors (Lipinski definition) is 1. The summed E-state index contributed by atoms with van der Waals surface area (Å²) in [4.78, 5) is 32.6. The van der Waals surface area contributed by atoms with Crippen molar-refractivity contribution in [3.8, 4) is 0 Å². The second-order valence-corrected chi connectivity index (χ2v) is 6.59. The van der Waals surface area contributed by atoms with Gasteiger partial charge in [0.25, 0.3) is 0 Å². The molecule has 0 aliphatic carbocycles. The van der Waals surface area contributed by atoms with E-state index in [1.165, 1.54) is 0 Å². The maximum Gasteiger partial charge on any atom is 0.229 e. The molecule has 1 fully saturated rings. The largest absolute Gasteiger partial charge is 0.341 e. The minimum Gasteiger partial charge on any atom is -0.341 e. The van der Waals surface area contributed by atoms with Crippen molar-refractivity contribution in [2.45, 2.75) is 6.42 Å². The first-order chi connectivity index (χ1) is 11.4. The highest BCUT2D eigenvalue weighted by Gasteiger charge is 2.34. The van der Waals surface area contributed by atoms with Gasteiger partial charge in [-0.25, -0.2) is 4.98 Å². The smallest absolute Gasteiger partial charge is 0.229 e. The first-order valence-corrected chi connectivity index (χ1v) is 8.08. The molecule has 24 heavy (non-hydrogen) atoms. The zero-order chi connectivity index (χ0) is 17.3. The first kappa shape index (κ1) is 16.4. The van der Waals surface area contributed by atoms with E-state index >= 15 is 0 Å². The Morgan fingerprint density at radius 3 is 2.96 bits per heavy atom. The second kappa shape index (κ2) is 6.60. The lowest BCUT2D eigenvalue weighted by molar-refractivity contribution is -0.128. The predicted molar refractivity (Wildman–Crippen MR) is 92.6 cm³/mol. The number of benzene rings is 1. The highest BCUT2D eigenvalue weighted by atomic mass is 16.2. The monoisotopic (exact) mass is 329 g/mol. The highest BCUT2D eigenvalue weighted by Crippen LogP contribution is 2.22. The Morgan fingerprint density at radius 1 is 1.42 bits per heavy atom. The number of imidazole rings is 1. The molecule has 1 N–H and O–H groups in total. The summed E-state index contributed by atoms with van der Waals surface area (Å²) < 4.78 is 1.91. The summed E-state index contributed by atoms with van der Waals surface area (Å²) in [5, 5.41) is 2.93. The number of anilines is 1. The topological polar surface area (TPSA) is 70.5 Å². The molecule has 0 bridgehead atoms. The van der Waals surface area contributed by atoms with Gasteiger partial charge in [0.1, 0.15) is 0 Å². The Bertz CT molecular complexity index is 767. The van der Waals surface area contributed by atoms with E-state index in [0.717, 1.165) is 23.3 Å². The van der Waals surface area contributed by atoms with Gasteiger partial charge in [-0.1, -0.05) is 0 Å². The molecule has 0 spiro atoms. The summed E-state index contributed by atoms with van der Waals surface area (Å²) in [6.45, 7) is 1.96. The van der Waals surface area contributed by atoms with Crippen LogP contribution in [-0.4, -0.2) is 64.9 Å². The Hall–Kier alpha value is -2.41. The lowest BCUT2D eigenvalue weighted by atomic mass is 10.1. The van der Waals surface area contributed by atoms with E-state index in [2.05, 4.69) is 10.3 Å². The fourth-order valence-corrected chi connectivity index (χ4v) is 2.93. The van der Waals surface area contributed by atoms with E-state index < -0.39 is 0 Å². The average molecular weight is 329 g/mol. The fourth-order valence-electron chi connectivity index (χ4n) is 2.93. The number of nitrogens with one attached hydrogen (secondary N) is 1. The van der Waals surface area contributed by atoms with Crippen LogP contribution in [0.3, 0.4) is 0 Å². The summed E-state index contributed by atoms with van der Waals surface area (Å²) in [6.07, 6.45) is 2.03. The third kappa shape index (κ3) is 3.41. The molecule has 1 aliphatic rings. The Kier molecular flexibility index (Phi) is 4.53. The molecule has 7 nitrogen and oxygen atoms in total. The zero-order valence-electron chi connectivity index (χ0n) is 14.3. The number of fused-ring (bicyclic) bond motifs is 1. The van der Waals surface area contributed by atoms with Crippen LogP contribution >= 0.6 is 0 Å². The van der Waals surface area contributed by atoms with Gasteiger partial charge >= 0.3 is 0 Å². The van der Waals surface area contributed by atoms with E-state index in [9.17, 15) is 9.59 Å². The van der Waals surface area contributed by atoms with Gasteiger partial charge in [0.2, 0.25) is 11.8 Å². The average Bonchev–Trinajstić information content (AvgIpc) is 3.09. The van der Waals surface area contributed by atoms with Crippen LogP contribution in [0, 0.1) is 5.92 Å². The molecule has 7 heteroatoms. The van der Waals surface area contributed by atoms with Gasteiger partial charge in [0.15, 0.2) is 0 Å². The minimum absolute atomic E-state index is 0.0547. The third-order valence-electron chi connectivity index (χ3n) is 4.40. The number of carbonyl (C=O) groups excluding carboxylic acids is 2. The number of rotatable bonds is 5. The number of amides is 2. The summed E-state index contributed by atoms with van der Waals surface area (Å²) in [7, 11) is 5.86. The second-order valence-electron chi connectivity index (χ2n) is 6.59. The maximum absolute atomic E-state index is 12.5. The quantitative estimate of drug-likeness (QED) is 0.886. The van der Waals surface area contributed by atoms with Crippen LogP contribution in [0.15, 0.2) is 24.5 Å². The van der Waals surface area contributed by atoms with Crippen molar-refractivity contribution in [1.29, 1.82) is 0 Å². The standard InChI is InChI=1S/C17H23N5O2/c1-20(2)6-7-22-10-12(8-16(22)23)17(24)19-13-4-5-14-15(9-13)21(3)11-18-14/h4-5,9,11-12H,6-8,10H2,1-3H3,(H,19,24). The molecule has 0 saturated carbocycles. The van der Waals surface area contributed by atoms with Crippen molar-refractivity contribution in [3.05, 3.63) is 24.5 Å². The lowest BCUT2D eigenvalue weighted by Gasteiger charge is -2.19. The maximum atomic E-state index is 12.5. The van der Waals surface area contributed by atoms with Crippen LogP contribution in [0.25, 0.3) is 11.0 Å². The number of hydrogen-bond acceptors (Lipinski definition) is 4. The van der Waals surface area contributed by atoms with Crippen molar-refractivity contribution < 1.29 is 9.59 Å². The van der Waals surface area contributed by atoms with Gasteiger partial charge < -0.3 is 19.7 Å². The summed E-state index contributed by atoms with van der Waals surface area (Å²) >= 11 is 0. The van der Waals surface area contributed by atoms with Crippen molar-refractivity contribution in [2.24, 2.45) is 13.0 Å². The van der Waals surface area contributed by atoms with Gasteiger partial charge in [0, 0.05) is 38.8 Å². The van der Waals surface area contributed by atoms with Gasteiger partial charge in [-0.15, -0.1) is 0 Å². The Balaban J connectivity index is 1.64. The predicted octanol–water partition coefficient (Wildman–Crippen LogP) is 0.922. The molecule has 2 amide bonds. The van der Waals surface area contributed by atoms with Crippen LogP contribution in [0.4, 0.5) is 5.69 Å². The normalized spacial score (nSPS) is 17.9. The molecule has 1 aromatic heterocycles. The molecule has 0 radical (unpaired) electrons. The van der Waals surface area contributed by atoms with Crippen LogP contribution < -0.4 is 5.32 Å². The number of nitrogens with zero attached hydrogens (tertiary/aromatic N) is 4. The van der Waals surface area contributed by atoms with Crippen molar-refractivity contribution >= 4 is 28.5 Å². The molecule has 1 saturated heterocycles. The summed E-state index contributed by atoms with van der Waals surface area (Å²) in [5.74, 6) is -0.335. The van der Waals surface area contributed by atoms with E-state index in [1.54, 1.807) is 11.2 Å². The van der Waals surface area contributed by atoms with Crippen LogP contribution in [-0.2, 0) is 16.6 Å². The Labute approximate surface area is 141 Å². The number of likely N-dealkylation sites (tertiary alicyclic amines) is 1. The number of likely N-dealkylation sites (N-methyl/N-ethyl adjacent to an activating group) is 1. The molecular formula is C17H23N5O2. The van der Waals surface area contributed by atoms with Gasteiger partial charge in [-0.3, -0.25) is 9.59 Å². The van der Waals surface area contributed by atoms with E-state index in [-0.39, 0.29) is 24.2 Å². The third-order valence-corrected chi connectivity index (χ3v) is 4.40. The molecule has 1 unspecified atom stereocenters. The summed E-state index contributed by atoms with van der Waals surface area (Å²) in [5.41, 5.74) is 2.58. The Morgan fingerprint density at radius 2 is 2.21 bits per heavy atom. The molecule has 1 atom stereocenters. The minimum atomic E-state index is -0.290. The van der Waals surface area contributed by atoms with E-state index in [0.29, 0.717) is 13.1 Å². The molecule has 1 aliphatic heterocycles. The number of aryl methyl sites for hydroxylation is 1. The SMILES string of the molecule is CN(C)CCN1CC(C(=O)Nc2ccc3ncn(C)c3c2)CC1=O. The van der Waals surface area contributed by atoms with Gasteiger partial charge in [-0.05, 0) is 32.3 Å². The van der Waals surface area contributed by atoms with Crippen LogP contribution in [0.5, 0.6) is 0 Å². The fraction of sp³-hybridized carbons (Fsp3) is 0.471. The number of carbonyl (C=O) groups is 2. The molecule has 3 rings (SSSR count). The van der Waals surface area contributed by atoms with Gasteiger partial charge in [0.05, 0.1) is 23.3 Å². The van der Waals surface area contributed by atoms with Crippen LogP contribution in [0.1, 0.15) is 6.42 Å². The molecule has 128 valence electrons. The van der Waals surface area contributed by atoms with Crippen molar-refractivity contribution in [2.75, 3.05) is 39.0 Å². The van der Waals surface area contributed by atoms with Gasteiger partial charge in [-0.2, -0.15) is 0 Å². The molecule has 2 aromatic rings. The molecular weight excluding hydrogens is 306 g/mol. The van der Waals surface area contributed by atoms with Crippen molar-refractivity contribution in [1.82, 2.24) is 19.4 Å². The van der Waals surface area contributed by atoms with E-state index in [1.807, 2.05) is 48.8 Å². The van der Waals surface area contributed by atoms with Crippen molar-refractivity contribution in [3.63, 3.8) is 0 Å². The summed E-state index contributed by atoms with van der Waals surface area (Å²) in [6, 6.07) is 5.63. The molecule has 1 aromatic carbocycles. The molecule has 2 heterocycles. The lowest BCUT2D eigenvalue weighted by Crippen LogP contribution is -2.33. The zero-order valence-corrected chi connectivity index (χ0v) is 14.3. The van der Waals surface area contributed by atoms with Crippen LogP contribution in [0.2, 0.25) is 0 Å². The number of aromatic nitrogens is 2.